The Morgan fingerprint density at radius 3 is 2.80 bits per heavy atom. The van der Waals surface area contributed by atoms with Gasteiger partial charge in [0, 0.05) is 10.9 Å². The van der Waals surface area contributed by atoms with Crippen molar-refractivity contribution in [2.24, 2.45) is 0 Å². The van der Waals surface area contributed by atoms with Gasteiger partial charge in [0.15, 0.2) is 11.4 Å². The summed E-state index contributed by atoms with van der Waals surface area (Å²) in [4.78, 5) is 0. The molecule has 1 atom stereocenters. The molecule has 20 heavy (non-hydrogen) atoms. The van der Waals surface area contributed by atoms with E-state index in [0.29, 0.717) is 11.3 Å². The minimum Gasteiger partial charge on any atom is -0.469 e. The number of nitrogens with one attached hydrogen (secondary N) is 1. The van der Waals surface area contributed by atoms with Gasteiger partial charge in [-0.3, -0.25) is 0 Å². The summed E-state index contributed by atoms with van der Waals surface area (Å²) in [6, 6.07) is 8.62. The Morgan fingerprint density at radius 1 is 1.30 bits per heavy atom. The van der Waals surface area contributed by atoms with Crippen LogP contribution in [0.1, 0.15) is 30.0 Å². The maximum Gasteiger partial charge on any atom is 0.169 e. The second kappa shape index (κ2) is 5.13. The van der Waals surface area contributed by atoms with E-state index in [1.807, 2.05) is 32.0 Å². The molecule has 2 aromatic heterocycles. The number of para-hydroxylation sites is 1. The highest BCUT2D eigenvalue weighted by atomic mass is 19.1. The molecule has 1 aromatic carbocycles. The highest BCUT2D eigenvalue weighted by Crippen LogP contribution is 2.30. The maximum absolute atomic E-state index is 13.7. The average molecular weight is 273 g/mol. The summed E-state index contributed by atoms with van der Waals surface area (Å²) in [7, 11) is 0. The maximum atomic E-state index is 13.7. The summed E-state index contributed by atoms with van der Waals surface area (Å²) in [5.74, 6) is 1.19. The monoisotopic (exact) mass is 273 g/mol. The first kappa shape index (κ1) is 12.9. The van der Waals surface area contributed by atoms with Gasteiger partial charge in [0.05, 0.1) is 12.3 Å². The van der Waals surface area contributed by atoms with Crippen LogP contribution in [0.3, 0.4) is 0 Å². The SMILES string of the molecule is CCNC(c1coc(C)c1)c1cc2cccc(F)c2o1. The molecule has 0 spiro atoms. The van der Waals surface area contributed by atoms with Gasteiger partial charge < -0.3 is 14.2 Å². The van der Waals surface area contributed by atoms with Crippen molar-refractivity contribution < 1.29 is 13.2 Å². The van der Waals surface area contributed by atoms with E-state index in [1.165, 1.54) is 6.07 Å². The molecule has 0 aliphatic carbocycles. The fourth-order valence-corrected chi connectivity index (χ4v) is 2.39. The van der Waals surface area contributed by atoms with Crippen LogP contribution in [0.25, 0.3) is 11.0 Å². The summed E-state index contributed by atoms with van der Waals surface area (Å²) in [5.41, 5.74) is 1.27. The molecule has 1 unspecified atom stereocenters. The largest absolute Gasteiger partial charge is 0.469 e. The van der Waals surface area contributed by atoms with Crippen molar-refractivity contribution in [1.82, 2.24) is 5.32 Å². The molecule has 3 aromatic rings. The third-order valence-corrected chi connectivity index (χ3v) is 3.29. The van der Waals surface area contributed by atoms with Crippen molar-refractivity contribution in [3.8, 4) is 0 Å². The van der Waals surface area contributed by atoms with Gasteiger partial charge in [-0.25, -0.2) is 4.39 Å². The summed E-state index contributed by atoms with van der Waals surface area (Å²) < 4.78 is 24.8. The highest BCUT2D eigenvalue weighted by molar-refractivity contribution is 5.78. The van der Waals surface area contributed by atoms with Crippen LogP contribution in [0, 0.1) is 12.7 Å². The van der Waals surface area contributed by atoms with Crippen LogP contribution in [0.2, 0.25) is 0 Å². The number of aryl methyl sites for hydroxylation is 1. The molecule has 104 valence electrons. The average Bonchev–Trinajstić information content (AvgIpc) is 3.03. The molecule has 2 heterocycles. The second-order valence-corrected chi connectivity index (χ2v) is 4.79. The molecule has 3 rings (SSSR count). The standard InChI is InChI=1S/C16H16FNO2/c1-3-18-15(12-7-10(2)19-9-12)14-8-11-5-4-6-13(17)16(11)20-14/h4-9,15,18H,3H2,1-2H3. The molecule has 0 saturated heterocycles. The number of rotatable bonds is 4. The number of benzene rings is 1. The number of hydrogen-bond acceptors (Lipinski definition) is 3. The Balaban J connectivity index is 2.07. The minimum atomic E-state index is -0.340. The van der Waals surface area contributed by atoms with E-state index in [0.717, 1.165) is 23.3 Å². The lowest BCUT2D eigenvalue weighted by Crippen LogP contribution is -2.20. The van der Waals surface area contributed by atoms with Crippen molar-refractivity contribution in [3.63, 3.8) is 0 Å². The number of fused-ring (bicyclic) bond motifs is 1. The van der Waals surface area contributed by atoms with Crippen LogP contribution >= 0.6 is 0 Å². The Hall–Kier alpha value is -2.07. The van der Waals surface area contributed by atoms with Crippen molar-refractivity contribution in [2.45, 2.75) is 19.9 Å². The van der Waals surface area contributed by atoms with Crippen LogP contribution in [0.5, 0.6) is 0 Å². The van der Waals surface area contributed by atoms with Crippen LogP contribution in [-0.4, -0.2) is 6.54 Å². The molecule has 0 amide bonds. The lowest BCUT2D eigenvalue weighted by molar-refractivity contribution is 0.460. The molecular weight excluding hydrogens is 257 g/mol. The fourth-order valence-electron chi connectivity index (χ4n) is 2.39. The quantitative estimate of drug-likeness (QED) is 0.775. The lowest BCUT2D eigenvalue weighted by Gasteiger charge is -2.13. The molecule has 0 aliphatic heterocycles. The third-order valence-electron chi connectivity index (χ3n) is 3.29. The van der Waals surface area contributed by atoms with Crippen LogP contribution in [-0.2, 0) is 0 Å². The van der Waals surface area contributed by atoms with Crippen LogP contribution in [0.15, 0.2) is 45.4 Å². The van der Waals surface area contributed by atoms with Crippen LogP contribution < -0.4 is 5.32 Å². The van der Waals surface area contributed by atoms with Gasteiger partial charge >= 0.3 is 0 Å². The number of hydrogen-bond donors (Lipinski definition) is 1. The molecule has 0 saturated carbocycles. The van der Waals surface area contributed by atoms with Gasteiger partial charge in [0.2, 0.25) is 0 Å². The minimum absolute atomic E-state index is 0.135. The Morgan fingerprint density at radius 2 is 2.15 bits per heavy atom. The Labute approximate surface area is 116 Å². The van der Waals surface area contributed by atoms with Gasteiger partial charge in [0.25, 0.3) is 0 Å². The zero-order valence-corrected chi connectivity index (χ0v) is 11.4. The first-order valence-corrected chi connectivity index (χ1v) is 6.65. The Kier molecular flexibility index (Phi) is 3.32. The molecule has 0 fully saturated rings. The van der Waals surface area contributed by atoms with E-state index >= 15 is 0 Å². The molecule has 0 bridgehead atoms. The molecule has 1 N–H and O–H groups in total. The normalized spacial score (nSPS) is 12.9. The van der Waals surface area contributed by atoms with Gasteiger partial charge in [-0.2, -0.15) is 0 Å². The van der Waals surface area contributed by atoms with Crippen molar-refractivity contribution in [1.29, 1.82) is 0 Å². The summed E-state index contributed by atoms with van der Waals surface area (Å²) in [6.07, 6.45) is 1.70. The fraction of sp³-hybridized carbons (Fsp3) is 0.250. The molecule has 3 nitrogen and oxygen atoms in total. The molecule has 4 heteroatoms. The molecular formula is C16H16FNO2. The first-order chi connectivity index (χ1) is 9.69. The van der Waals surface area contributed by atoms with Crippen molar-refractivity contribution in [3.05, 3.63) is 59.5 Å². The molecule has 0 radical (unpaired) electrons. The van der Waals surface area contributed by atoms with E-state index in [1.54, 1.807) is 12.3 Å². The number of halogens is 1. The van der Waals surface area contributed by atoms with E-state index in [2.05, 4.69) is 5.32 Å². The Bertz CT molecular complexity index is 729. The predicted octanol–water partition coefficient (Wildman–Crippen LogP) is 4.17. The van der Waals surface area contributed by atoms with Gasteiger partial charge in [0.1, 0.15) is 11.5 Å². The third kappa shape index (κ3) is 2.23. The van der Waals surface area contributed by atoms with E-state index < -0.39 is 0 Å². The van der Waals surface area contributed by atoms with E-state index in [9.17, 15) is 4.39 Å². The highest BCUT2D eigenvalue weighted by Gasteiger charge is 2.20. The second-order valence-electron chi connectivity index (χ2n) is 4.79. The zero-order valence-electron chi connectivity index (χ0n) is 11.4. The van der Waals surface area contributed by atoms with Gasteiger partial charge in [-0.15, -0.1) is 0 Å². The topological polar surface area (TPSA) is 38.3 Å². The van der Waals surface area contributed by atoms with Crippen molar-refractivity contribution in [2.75, 3.05) is 6.54 Å². The summed E-state index contributed by atoms with van der Waals surface area (Å²) >= 11 is 0. The van der Waals surface area contributed by atoms with Gasteiger partial charge in [-0.1, -0.05) is 19.1 Å². The first-order valence-electron chi connectivity index (χ1n) is 6.65. The van der Waals surface area contributed by atoms with Crippen LogP contribution in [0.4, 0.5) is 4.39 Å². The summed E-state index contributed by atoms with van der Waals surface area (Å²) in [5, 5.41) is 4.10. The van der Waals surface area contributed by atoms with Gasteiger partial charge in [-0.05, 0) is 31.7 Å². The summed E-state index contributed by atoms with van der Waals surface area (Å²) in [6.45, 7) is 4.68. The lowest BCUT2D eigenvalue weighted by atomic mass is 10.1. The zero-order chi connectivity index (χ0) is 14.1. The smallest absolute Gasteiger partial charge is 0.169 e. The van der Waals surface area contributed by atoms with E-state index in [4.69, 9.17) is 8.83 Å². The number of furan rings is 2. The van der Waals surface area contributed by atoms with E-state index in [-0.39, 0.29) is 11.9 Å². The predicted molar refractivity (Wildman–Crippen MR) is 75.1 cm³/mol. The van der Waals surface area contributed by atoms with Crippen molar-refractivity contribution >= 4 is 11.0 Å². The molecule has 0 aliphatic rings.